The highest BCUT2D eigenvalue weighted by atomic mass is 32.2. The molecule has 2 amide bonds. The van der Waals surface area contributed by atoms with Gasteiger partial charge in [0.25, 0.3) is 0 Å². The molecule has 7 aromatic rings. The number of nitrogens with zero attached hydrogens (tertiary/aromatic N) is 7. The highest BCUT2D eigenvalue weighted by molar-refractivity contribution is 7.92. The molecule has 4 aromatic carbocycles. The molecule has 7 rings (SSSR count). The Morgan fingerprint density at radius 1 is 0.768 bits per heavy atom. The Kier molecular flexibility index (Phi) is 15.0. The van der Waals surface area contributed by atoms with Gasteiger partial charge in [0.15, 0.2) is 11.8 Å². The number of amides is 2. The number of carboxylic acid groups (broad SMARTS) is 2. The third kappa shape index (κ3) is 11.7. The predicted octanol–water partition coefficient (Wildman–Crippen LogP) is 4.02. The highest BCUT2D eigenvalue weighted by Crippen LogP contribution is 2.42. The fraction of sp³-hybridized carbons (Fsp3) is 0.205. The number of benzene rings is 4. The Bertz CT molecular complexity index is 3080. The normalized spacial score (nSPS) is 11.7. The number of methoxy groups -OCH3 is 3. The minimum Gasteiger partial charge on any atom is -0.497 e. The van der Waals surface area contributed by atoms with E-state index in [1.54, 1.807) is 84.9 Å². The number of nitrogens with one attached hydrogen (secondary N) is 4. The van der Waals surface area contributed by atoms with E-state index in [1.165, 1.54) is 44.5 Å². The van der Waals surface area contributed by atoms with E-state index in [0.29, 0.717) is 50.9 Å². The van der Waals surface area contributed by atoms with Crippen molar-refractivity contribution in [2.45, 2.75) is 35.5 Å². The number of imidazole rings is 1. The van der Waals surface area contributed by atoms with Gasteiger partial charge in [-0.15, -0.1) is 5.10 Å². The maximum atomic E-state index is 16.2. The number of aromatic nitrogens is 7. The number of tetrazole rings is 1. The summed E-state index contributed by atoms with van der Waals surface area (Å²) >= 11 is 0. The second kappa shape index (κ2) is 21.2. The van der Waals surface area contributed by atoms with Crippen LogP contribution in [0.25, 0.3) is 33.9 Å². The minimum atomic E-state index is -5.12. The van der Waals surface area contributed by atoms with E-state index in [4.69, 9.17) is 19.9 Å². The third-order valence-electron chi connectivity index (χ3n) is 10.6. The quantitative estimate of drug-likeness (QED) is 0.0535. The summed E-state index contributed by atoms with van der Waals surface area (Å²) < 4.78 is 83.2. The number of rotatable bonds is 21. The topological polar surface area (TPSA) is 321 Å². The van der Waals surface area contributed by atoms with Crippen molar-refractivity contribution in [1.29, 1.82) is 0 Å². The Morgan fingerprint density at radius 2 is 1.32 bits per heavy atom. The van der Waals surface area contributed by atoms with E-state index in [9.17, 15) is 19.8 Å². The number of ether oxygens (including phenoxy) is 3. The molecular weight excluding hydrogens is 937 g/mol. The summed E-state index contributed by atoms with van der Waals surface area (Å²) in [5.74, 6) is 1.50. The predicted molar refractivity (Wildman–Crippen MR) is 249 cm³/mol. The van der Waals surface area contributed by atoms with Crippen LogP contribution < -0.4 is 35.3 Å². The van der Waals surface area contributed by atoms with Gasteiger partial charge in [0, 0.05) is 32.4 Å². The van der Waals surface area contributed by atoms with Gasteiger partial charge >= 0.3 is 12.2 Å². The molecule has 3 heterocycles. The zero-order chi connectivity index (χ0) is 49.3. The van der Waals surface area contributed by atoms with Gasteiger partial charge in [-0.2, -0.15) is 4.31 Å². The van der Waals surface area contributed by atoms with Crippen LogP contribution in [0.1, 0.15) is 16.7 Å². The van der Waals surface area contributed by atoms with Gasteiger partial charge in [0.2, 0.25) is 20.0 Å². The smallest absolute Gasteiger partial charge is 0.404 e. The molecule has 0 bridgehead atoms. The number of nitrogen functional groups attached to an aromatic ring is 1. The van der Waals surface area contributed by atoms with Crippen LogP contribution in [0.3, 0.4) is 0 Å². The molecule has 0 unspecified atom stereocenters. The van der Waals surface area contributed by atoms with Gasteiger partial charge in [-0.1, -0.05) is 42.5 Å². The van der Waals surface area contributed by atoms with Crippen molar-refractivity contribution < 1.29 is 50.8 Å². The maximum Gasteiger partial charge on any atom is 0.404 e. The van der Waals surface area contributed by atoms with Crippen molar-refractivity contribution >= 4 is 38.2 Å². The number of H-pyrrole nitrogens is 1. The van der Waals surface area contributed by atoms with Crippen molar-refractivity contribution in [1.82, 2.24) is 54.8 Å². The molecule has 0 aliphatic carbocycles. The van der Waals surface area contributed by atoms with Crippen LogP contribution in [-0.4, -0.2) is 119 Å². The summed E-state index contributed by atoms with van der Waals surface area (Å²) in [5.41, 5.74) is 8.52. The number of anilines is 1. The Balaban J connectivity index is 1.53. The van der Waals surface area contributed by atoms with Crippen molar-refractivity contribution in [2.24, 2.45) is 0 Å². The van der Waals surface area contributed by atoms with Gasteiger partial charge in [0.1, 0.15) is 27.0 Å². The van der Waals surface area contributed by atoms with E-state index in [2.05, 4.69) is 45.8 Å². The van der Waals surface area contributed by atoms with Crippen molar-refractivity contribution in [3.63, 3.8) is 0 Å². The van der Waals surface area contributed by atoms with Crippen LogP contribution in [0, 0.1) is 0 Å². The van der Waals surface area contributed by atoms with Crippen molar-refractivity contribution in [3.8, 4) is 51.2 Å². The summed E-state index contributed by atoms with van der Waals surface area (Å²) in [4.78, 5) is 33.1. The second-order valence-electron chi connectivity index (χ2n) is 15.1. The van der Waals surface area contributed by atoms with Gasteiger partial charge < -0.3 is 45.8 Å². The van der Waals surface area contributed by atoms with E-state index in [-0.39, 0.29) is 42.5 Å². The molecule has 0 aliphatic heterocycles. The fourth-order valence-corrected chi connectivity index (χ4v) is 10.8. The summed E-state index contributed by atoms with van der Waals surface area (Å²) in [6.45, 7) is -1.90. The van der Waals surface area contributed by atoms with Crippen LogP contribution >= 0.6 is 0 Å². The Morgan fingerprint density at radius 3 is 1.83 bits per heavy atom. The zero-order valence-electron chi connectivity index (χ0n) is 37.1. The largest absolute Gasteiger partial charge is 0.497 e. The van der Waals surface area contributed by atoms with Crippen molar-refractivity contribution in [2.75, 3.05) is 40.2 Å². The van der Waals surface area contributed by atoms with Crippen molar-refractivity contribution in [3.05, 3.63) is 126 Å². The molecule has 3 aromatic heterocycles. The summed E-state index contributed by atoms with van der Waals surface area (Å²) in [6, 6.07) is 24.4. The number of sulfonamides is 2. The van der Waals surface area contributed by atoms with E-state index in [0.717, 1.165) is 10.4 Å². The number of hydrogen-bond donors (Lipinski definition) is 7. The van der Waals surface area contributed by atoms with Crippen LogP contribution in [0.4, 0.5) is 15.5 Å². The van der Waals surface area contributed by atoms with Gasteiger partial charge in [-0.25, -0.2) is 40.8 Å². The molecule has 0 saturated carbocycles. The Hall–Kier alpha value is -8.13. The number of aromatic amines is 1. The fourth-order valence-electron chi connectivity index (χ4n) is 7.18. The summed E-state index contributed by atoms with van der Waals surface area (Å²) in [6.07, 6.45) is -0.146. The molecule has 0 saturated heterocycles. The van der Waals surface area contributed by atoms with E-state index in [1.807, 2.05) is 0 Å². The first-order valence-electron chi connectivity index (χ1n) is 20.6. The number of nitrogens with two attached hydrogens (primary N) is 1. The molecular formula is C44H46N12O11S2. The van der Waals surface area contributed by atoms with E-state index >= 15 is 16.8 Å². The van der Waals surface area contributed by atoms with Gasteiger partial charge in [-0.3, -0.25) is 4.98 Å². The monoisotopic (exact) mass is 982 g/mol. The molecule has 0 atom stereocenters. The Labute approximate surface area is 395 Å². The first-order valence-corrected chi connectivity index (χ1v) is 23.6. The first kappa shape index (κ1) is 48.8. The molecule has 25 heteroatoms. The molecule has 0 fully saturated rings. The molecule has 0 aliphatic rings. The number of hydrogen-bond acceptors (Lipinski definition) is 15. The third-order valence-corrected chi connectivity index (χ3v) is 14.1. The van der Waals surface area contributed by atoms with Crippen LogP contribution in [0.15, 0.2) is 119 Å². The first-order chi connectivity index (χ1) is 33.1. The lowest BCUT2D eigenvalue weighted by atomic mass is 9.98. The van der Waals surface area contributed by atoms with Crippen LogP contribution in [0.2, 0.25) is 0 Å². The van der Waals surface area contributed by atoms with Crippen LogP contribution in [-0.2, 0) is 39.7 Å². The summed E-state index contributed by atoms with van der Waals surface area (Å²) in [5, 5.41) is 35.5. The molecule has 8 N–H and O–H groups in total. The van der Waals surface area contributed by atoms with Gasteiger partial charge in [0.05, 0.1) is 57.1 Å². The SMILES string of the molecule is COc1ccc(CN(Cc2ccc(OC)cc2)S(=O)(=O)c2c(S(=O)(=O)NC(CNC(=O)O)CNC(=O)O)ccc(-c3ccnc(-c4cnc(N)[nH]4)c3)c2-c2nnnn2Cc2ccc(OC)cc2)cc1. The average Bonchev–Trinajstić information content (AvgIpc) is 4.01. The average molecular weight is 983 g/mol. The minimum absolute atomic E-state index is 0.0410. The van der Waals surface area contributed by atoms with Crippen LogP contribution in [0.5, 0.6) is 17.2 Å². The second-order valence-corrected chi connectivity index (χ2v) is 18.7. The molecule has 0 spiro atoms. The lowest BCUT2D eigenvalue weighted by Crippen LogP contribution is -2.49. The lowest BCUT2D eigenvalue weighted by Gasteiger charge is -2.27. The molecule has 360 valence electrons. The zero-order valence-corrected chi connectivity index (χ0v) is 38.7. The summed E-state index contributed by atoms with van der Waals surface area (Å²) in [7, 11) is -5.73. The highest BCUT2D eigenvalue weighted by Gasteiger charge is 2.39. The molecule has 69 heavy (non-hydrogen) atoms. The number of carbonyl (C=O) groups is 2. The number of pyridine rings is 1. The molecule has 0 radical (unpaired) electrons. The maximum absolute atomic E-state index is 16.2. The standard InChI is InChI=1S/C44H46N12O11S2/c1-65-32-10-4-27(5-11-32)24-55(25-28-6-12-33(66-2)13-7-28)69(63,64)40-38(68(61,62)52-31(21-48-43(57)58)22-49-44(59)60)17-16-35(30-18-19-46-36(20-30)37-23-47-42(45)50-37)39(40)41-51-53-54-56(41)26-29-8-14-34(67-3)15-9-29/h4-20,23,31,48-49,52H,21-22,24-26H2,1-3H3,(H,57,58)(H,59,60)(H3,45,47,50). The lowest BCUT2D eigenvalue weighted by molar-refractivity contribution is 0.191. The molecule has 23 nitrogen and oxygen atoms in total. The van der Waals surface area contributed by atoms with Gasteiger partial charge in [-0.05, 0) is 92.8 Å². The van der Waals surface area contributed by atoms with E-state index < -0.39 is 61.2 Å².